The van der Waals surface area contributed by atoms with Gasteiger partial charge in [0, 0.05) is 43.2 Å². The van der Waals surface area contributed by atoms with Gasteiger partial charge >= 0.3 is 0 Å². The van der Waals surface area contributed by atoms with Crippen molar-refractivity contribution in [1.82, 2.24) is 9.88 Å². The van der Waals surface area contributed by atoms with Crippen molar-refractivity contribution in [2.75, 3.05) is 50.8 Å². The first-order valence-electron chi connectivity index (χ1n) is 9.62. The van der Waals surface area contributed by atoms with Crippen molar-refractivity contribution < 1.29 is 9.47 Å². The second-order valence-corrected chi connectivity index (χ2v) is 8.58. The fourth-order valence-corrected chi connectivity index (χ4v) is 4.13. The van der Waals surface area contributed by atoms with Gasteiger partial charge in [-0.3, -0.25) is 4.99 Å². The van der Waals surface area contributed by atoms with Crippen molar-refractivity contribution in [1.29, 1.82) is 0 Å². The van der Waals surface area contributed by atoms with Crippen LogP contribution in [0.4, 0.5) is 5.13 Å². The Hall–Kier alpha value is -1.75. The largest absolute Gasteiger partial charge is 0.486 e. The molecule has 0 atom stereocenters. The Balaban J connectivity index is 0.00000240. The molecule has 1 saturated heterocycles. The molecule has 1 fully saturated rings. The van der Waals surface area contributed by atoms with Crippen LogP contribution in [0.3, 0.4) is 0 Å². The summed E-state index contributed by atoms with van der Waals surface area (Å²) in [5.74, 6) is 2.24. The Morgan fingerprint density at radius 1 is 1.17 bits per heavy atom. The van der Waals surface area contributed by atoms with Crippen LogP contribution in [-0.2, 0) is 5.41 Å². The van der Waals surface area contributed by atoms with Crippen LogP contribution in [0.2, 0.25) is 0 Å². The van der Waals surface area contributed by atoms with E-state index < -0.39 is 0 Å². The van der Waals surface area contributed by atoms with Gasteiger partial charge in [-0.15, -0.1) is 35.3 Å². The fourth-order valence-electron chi connectivity index (χ4n) is 3.43. The van der Waals surface area contributed by atoms with Crippen LogP contribution in [0.25, 0.3) is 0 Å². The zero-order chi connectivity index (χ0) is 19.6. The van der Waals surface area contributed by atoms with Crippen LogP contribution in [0.1, 0.15) is 19.4 Å². The monoisotopic (exact) mass is 529 g/mol. The molecule has 2 aliphatic heterocycles. The van der Waals surface area contributed by atoms with Crippen molar-refractivity contribution in [3.63, 3.8) is 0 Å². The molecular formula is C20H28IN5O2S. The number of guanidine groups is 1. The molecule has 2 aliphatic rings. The van der Waals surface area contributed by atoms with Crippen LogP contribution >= 0.6 is 35.3 Å². The molecule has 4 rings (SSSR count). The summed E-state index contributed by atoms with van der Waals surface area (Å²) in [7, 11) is 0. The third-order valence-corrected chi connectivity index (χ3v) is 6.09. The van der Waals surface area contributed by atoms with E-state index in [1.165, 1.54) is 5.56 Å². The molecule has 0 spiro atoms. The van der Waals surface area contributed by atoms with Gasteiger partial charge in [-0.25, -0.2) is 4.98 Å². The molecule has 0 unspecified atom stereocenters. The highest BCUT2D eigenvalue weighted by Gasteiger charge is 2.25. The van der Waals surface area contributed by atoms with Gasteiger partial charge in [-0.05, 0) is 17.7 Å². The summed E-state index contributed by atoms with van der Waals surface area (Å²) in [6, 6.07) is 6.13. The van der Waals surface area contributed by atoms with Crippen LogP contribution in [0.5, 0.6) is 11.5 Å². The second kappa shape index (κ2) is 9.38. The topological polar surface area (TPSA) is 76.2 Å². The third-order valence-electron chi connectivity index (χ3n) is 5.25. The van der Waals surface area contributed by atoms with E-state index in [0.29, 0.717) is 25.7 Å². The zero-order valence-corrected chi connectivity index (χ0v) is 20.0. The average Bonchev–Trinajstić information content (AvgIpc) is 3.27. The first-order chi connectivity index (χ1) is 13.5. The first kappa shape index (κ1) is 21.9. The van der Waals surface area contributed by atoms with Crippen molar-refractivity contribution in [3.8, 4) is 11.5 Å². The molecule has 7 nitrogen and oxygen atoms in total. The number of aliphatic imine (C=N–C) groups is 1. The summed E-state index contributed by atoms with van der Waals surface area (Å²) in [5, 5.41) is 3.09. The van der Waals surface area contributed by atoms with Gasteiger partial charge in [0.05, 0.1) is 6.54 Å². The summed E-state index contributed by atoms with van der Waals surface area (Å²) < 4.78 is 11.3. The van der Waals surface area contributed by atoms with Crippen LogP contribution in [0.15, 0.2) is 34.8 Å². The van der Waals surface area contributed by atoms with Gasteiger partial charge < -0.3 is 25.0 Å². The SMILES string of the molecule is CC(C)(CN=C(N)N1CCN(c2nccs2)CC1)c1ccc2c(c1)OCCO2.I. The summed E-state index contributed by atoms with van der Waals surface area (Å²) in [4.78, 5) is 13.6. The predicted molar refractivity (Wildman–Crippen MR) is 128 cm³/mol. The predicted octanol–water partition coefficient (Wildman–Crippen LogP) is 2.95. The summed E-state index contributed by atoms with van der Waals surface area (Å²) in [6.07, 6.45) is 1.85. The fraction of sp³-hybridized carbons (Fsp3) is 0.500. The van der Waals surface area contributed by atoms with Crippen LogP contribution in [0, 0.1) is 0 Å². The number of rotatable bonds is 4. The molecule has 1 aromatic carbocycles. The normalized spacial score (nSPS) is 17.1. The molecule has 3 heterocycles. The van der Waals surface area contributed by atoms with Gasteiger partial charge in [0.25, 0.3) is 0 Å². The number of ether oxygens (including phenoxy) is 2. The molecule has 158 valence electrons. The van der Waals surface area contributed by atoms with Gasteiger partial charge in [-0.1, -0.05) is 19.9 Å². The van der Waals surface area contributed by atoms with E-state index in [4.69, 9.17) is 20.2 Å². The first-order valence-corrected chi connectivity index (χ1v) is 10.5. The number of piperazine rings is 1. The van der Waals surface area contributed by atoms with E-state index in [1.54, 1.807) is 11.3 Å². The van der Waals surface area contributed by atoms with Crippen LogP contribution in [-0.4, -0.2) is 61.8 Å². The Kier molecular flexibility index (Phi) is 7.10. The number of nitrogens with two attached hydrogens (primary N) is 1. The second-order valence-electron chi connectivity index (χ2n) is 7.71. The van der Waals surface area contributed by atoms with Crippen molar-refractivity contribution >= 4 is 46.4 Å². The Bertz CT molecular complexity index is 835. The smallest absolute Gasteiger partial charge is 0.191 e. The molecule has 0 saturated carbocycles. The molecule has 0 radical (unpaired) electrons. The molecule has 0 bridgehead atoms. The minimum absolute atomic E-state index is 0. The van der Waals surface area contributed by atoms with E-state index in [2.05, 4.69) is 40.8 Å². The molecule has 29 heavy (non-hydrogen) atoms. The quantitative estimate of drug-likeness (QED) is 0.373. The van der Waals surface area contributed by atoms with E-state index in [9.17, 15) is 0 Å². The molecule has 2 aromatic rings. The summed E-state index contributed by atoms with van der Waals surface area (Å²) in [6.45, 7) is 9.71. The van der Waals surface area contributed by atoms with E-state index in [-0.39, 0.29) is 29.4 Å². The van der Waals surface area contributed by atoms with Gasteiger partial charge in [0.15, 0.2) is 22.6 Å². The van der Waals surface area contributed by atoms with Crippen LogP contribution < -0.4 is 20.1 Å². The van der Waals surface area contributed by atoms with Crippen molar-refractivity contribution in [2.45, 2.75) is 19.3 Å². The number of hydrogen-bond donors (Lipinski definition) is 1. The summed E-state index contributed by atoms with van der Waals surface area (Å²) in [5.41, 5.74) is 7.33. The van der Waals surface area contributed by atoms with E-state index in [1.807, 2.05) is 17.6 Å². The number of halogens is 1. The Labute approximate surface area is 192 Å². The highest BCUT2D eigenvalue weighted by Crippen LogP contribution is 2.35. The van der Waals surface area contributed by atoms with Crippen molar-refractivity contribution in [2.24, 2.45) is 10.7 Å². The van der Waals surface area contributed by atoms with Gasteiger partial charge in [0.2, 0.25) is 0 Å². The molecule has 0 aliphatic carbocycles. The average molecular weight is 529 g/mol. The number of fused-ring (bicyclic) bond motifs is 1. The molecular weight excluding hydrogens is 501 g/mol. The number of thiazole rings is 1. The molecule has 2 N–H and O–H groups in total. The lowest BCUT2D eigenvalue weighted by Crippen LogP contribution is -2.51. The lowest BCUT2D eigenvalue weighted by atomic mass is 9.84. The summed E-state index contributed by atoms with van der Waals surface area (Å²) >= 11 is 1.68. The lowest BCUT2D eigenvalue weighted by molar-refractivity contribution is 0.171. The molecule has 0 amide bonds. The Morgan fingerprint density at radius 3 is 2.59 bits per heavy atom. The maximum absolute atomic E-state index is 6.31. The highest BCUT2D eigenvalue weighted by molar-refractivity contribution is 14.0. The maximum Gasteiger partial charge on any atom is 0.191 e. The minimum atomic E-state index is -0.150. The number of anilines is 1. The molecule has 9 heteroatoms. The van der Waals surface area contributed by atoms with E-state index in [0.717, 1.165) is 42.8 Å². The number of aromatic nitrogens is 1. The lowest BCUT2D eigenvalue weighted by Gasteiger charge is -2.35. The van der Waals surface area contributed by atoms with E-state index >= 15 is 0 Å². The number of benzene rings is 1. The van der Waals surface area contributed by atoms with Gasteiger partial charge in [0.1, 0.15) is 13.2 Å². The maximum atomic E-state index is 6.31. The van der Waals surface area contributed by atoms with Gasteiger partial charge in [-0.2, -0.15) is 0 Å². The number of nitrogens with zero attached hydrogens (tertiary/aromatic N) is 4. The zero-order valence-electron chi connectivity index (χ0n) is 16.8. The standard InChI is InChI=1S/C20H27N5O2S.HI/c1-20(2,15-3-4-16-17(13-15)27-11-10-26-16)14-23-18(21)24-6-8-25(9-7-24)19-22-5-12-28-19;/h3-5,12-13H,6-11,14H2,1-2H3,(H2,21,23);1H. The molecule has 1 aromatic heterocycles. The third kappa shape index (κ3) is 5.06. The highest BCUT2D eigenvalue weighted by atomic mass is 127. The number of hydrogen-bond acceptors (Lipinski definition) is 6. The van der Waals surface area contributed by atoms with Crippen molar-refractivity contribution in [3.05, 3.63) is 35.3 Å². The Morgan fingerprint density at radius 2 is 1.90 bits per heavy atom. The minimum Gasteiger partial charge on any atom is -0.486 e.